The second-order valence-electron chi connectivity index (χ2n) is 3.78. The highest BCUT2D eigenvalue weighted by molar-refractivity contribution is 5.95. The summed E-state index contributed by atoms with van der Waals surface area (Å²) in [5.74, 6) is -1.94. The summed E-state index contributed by atoms with van der Waals surface area (Å²) in [6, 6.07) is 1.70. The Morgan fingerprint density at radius 3 is 2.67 bits per heavy atom. The maximum atomic E-state index is 13.9. The predicted molar refractivity (Wildman–Crippen MR) is 67.0 cm³/mol. The van der Waals surface area contributed by atoms with E-state index in [0.717, 1.165) is 19.2 Å². The minimum absolute atomic E-state index is 0.318. The van der Waals surface area contributed by atoms with Gasteiger partial charge in [-0.1, -0.05) is 0 Å². The van der Waals surface area contributed by atoms with Crippen LogP contribution in [0.5, 0.6) is 0 Å². The summed E-state index contributed by atoms with van der Waals surface area (Å²) >= 11 is 0. The molecule has 0 radical (unpaired) electrons. The minimum atomic E-state index is -1.12. The largest absolute Gasteiger partial charge is 0.465 e. The number of hydrogen-bond acceptors (Lipinski definition) is 7. The van der Waals surface area contributed by atoms with Crippen LogP contribution in [-0.4, -0.2) is 37.4 Å². The molecule has 21 heavy (non-hydrogen) atoms. The van der Waals surface area contributed by atoms with E-state index in [9.17, 15) is 24.1 Å². The lowest BCUT2D eigenvalue weighted by Crippen LogP contribution is -2.17. The Morgan fingerprint density at radius 1 is 1.52 bits per heavy atom. The third kappa shape index (κ3) is 3.68. The molecule has 1 rings (SSSR count). The second-order valence-corrected chi connectivity index (χ2v) is 3.78. The zero-order valence-corrected chi connectivity index (χ0v) is 11.2. The van der Waals surface area contributed by atoms with Crippen LogP contribution in [0.4, 0.5) is 10.1 Å². The molecule has 1 aromatic rings. The third-order valence-corrected chi connectivity index (χ3v) is 2.67. The first kappa shape index (κ1) is 16.4. The molecule has 112 valence electrons. The molecule has 0 heterocycles. The van der Waals surface area contributed by atoms with E-state index in [1.165, 1.54) is 13.2 Å². The Bertz CT molecular complexity index is 612. The number of carbonyl (C=O) groups is 1. The van der Waals surface area contributed by atoms with Gasteiger partial charge in [-0.05, 0) is 6.07 Å². The molecular formula is C12H11FN2O6. The number of benzene rings is 1. The summed E-state index contributed by atoms with van der Waals surface area (Å²) < 4.78 is 23.1. The number of nitro groups is 1. The fourth-order valence-corrected chi connectivity index (χ4v) is 1.71. The predicted octanol–water partition coefficient (Wildman–Crippen LogP) is 1.37. The van der Waals surface area contributed by atoms with Crippen molar-refractivity contribution in [2.24, 2.45) is 4.99 Å². The van der Waals surface area contributed by atoms with Crippen LogP contribution in [0.2, 0.25) is 0 Å². The van der Waals surface area contributed by atoms with Crippen LogP contribution in [0.1, 0.15) is 15.9 Å². The van der Waals surface area contributed by atoms with Crippen molar-refractivity contribution in [3.63, 3.8) is 0 Å². The Labute approximate surface area is 118 Å². The average molecular weight is 298 g/mol. The number of ether oxygens (including phenoxy) is 2. The van der Waals surface area contributed by atoms with E-state index in [1.54, 1.807) is 0 Å². The number of carbonyl (C=O) groups excluding carboxylic acids is 2. The molecule has 0 aliphatic heterocycles. The monoisotopic (exact) mass is 298 g/mol. The van der Waals surface area contributed by atoms with Crippen molar-refractivity contribution < 1.29 is 28.4 Å². The molecule has 0 fully saturated rings. The number of rotatable bonds is 6. The molecule has 0 bridgehead atoms. The third-order valence-electron chi connectivity index (χ3n) is 2.67. The molecule has 0 aliphatic carbocycles. The first-order chi connectivity index (χ1) is 9.96. The van der Waals surface area contributed by atoms with Gasteiger partial charge in [0.25, 0.3) is 5.69 Å². The van der Waals surface area contributed by atoms with Crippen molar-refractivity contribution in [1.82, 2.24) is 0 Å². The number of hydrogen-bond donors (Lipinski definition) is 0. The van der Waals surface area contributed by atoms with Crippen LogP contribution in [0, 0.1) is 15.9 Å². The van der Waals surface area contributed by atoms with Gasteiger partial charge in [-0.3, -0.25) is 10.1 Å². The molecule has 0 N–H and O–H groups in total. The van der Waals surface area contributed by atoms with Gasteiger partial charge in [0.1, 0.15) is 11.4 Å². The van der Waals surface area contributed by atoms with Gasteiger partial charge in [-0.25, -0.2) is 14.0 Å². The van der Waals surface area contributed by atoms with Crippen molar-refractivity contribution in [3.8, 4) is 0 Å². The van der Waals surface area contributed by atoms with Gasteiger partial charge in [-0.15, -0.1) is 0 Å². The molecule has 0 saturated heterocycles. The van der Waals surface area contributed by atoms with Gasteiger partial charge in [-0.2, -0.15) is 4.99 Å². The smallest absolute Gasteiger partial charge is 0.345 e. The quantitative estimate of drug-likeness (QED) is 0.258. The molecular weight excluding hydrogens is 287 g/mol. The van der Waals surface area contributed by atoms with E-state index in [1.807, 2.05) is 0 Å². The standard InChI is InChI=1S/C12H11FN2O6/c1-20-10(14-6-16)5-7-8(13)3-4-9(15(18)19)11(7)12(17)21-2/h3-4,10H,5H2,1-2H3. The first-order valence-electron chi connectivity index (χ1n) is 5.60. The van der Waals surface area contributed by atoms with Crippen LogP contribution >= 0.6 is 0 Å². The summed E-state index contributed by atoms with van der Waals surface area (Å²) in [5.41, 5.74) is -1.46. The van der Waals surface area contributed by atoms with Crippen molar-refractivity contribution in [3.05, 3.63) is 39.2 Å². The van der Waals surface area contributed by atoms with E-state index in [-0.39, 0.29) is 12.0 Å². The van der Waals surface area contributed by atoms with Crippen LogP contribution in [-0.2, 0) is 20.7 Å². The van der Waals surface area contributed by atoms with E-state index >= 15 is 0 Å². The zero-order chi connectivity index (χ0) is 16.0. The summed E-state index contributed by atoms with van der Waals surface area (Å²) in [6.07, 6.45) is -0.244. The highest BCUT2D eigenvalue weighted by Gasteiger charge is 2.29. The lowest BCUT2D eigenvalue weighted by Gasteiger charge is -2.13. The summed E-state index contributed by atoms with van der Waals surface area (Å²) in [7, 11) is 2.22. The molecule has 9 heteroatoms. The average Bonchev–Trinajstić information content (AvgIpc) is 2.47. The number of halogens is 1. The number of aliphatic imine (C=N–C) groups is 1. The number of nitro benzene ring substituents is 1. The maximum absolute atomic E-state index is 13.9. The highest BCUT2D eigenvalue weighted by atomic mass is 19.1. The maximum Gasteiger partial charge on any atom is 0.345 e. The Kier molecular flexibility index (Phi) is 5.65. The number of methoxy groups -OCH3 is 2. The van der Waals surface area contributed by atoms with Crippen LogP contribution in [0.3, 0.4) is 0 Å². The topological polar surface area (TPSA) is 108 Å². The number of nitrogens with zero attached hydrogens (tertiary/aromatic N) is 2. The molecule has 1 unspecified atom stereocenters. The zero-order valence-electron chi connectivity index (χ0n) is 11.2. The van der Waals surface area contributed by atoms with Crippen LogP contribution < -0.4 is 0 Å². The van der Waals surface area contributed by atoms with Gasteiger partial charge < -0.3 is 9.47 Å². The van der Waals surface area contributed by atoms with Gasteiger partial charge in [0, 0.05) is 25.2 Å². The van der Waals surface area contributed by atoms with E-state index < -0.39 is 34.2 Å². The molecule has 8 nitrogen and oxygen atoms in total. The molecule has 0 aliphatic rings. The van der Waals surface area contributed by atoms with Gasteiger partial charge in [0.15, 0.2) is 6.23 Å². The van der Waals surface area contributed by atoms with Crippen molar-refractivity contribution in [1.29, 1.82) is 0 Å². The Morgan fingerprint density at radius 2 is 2.19 bits per heavy atom. The Balaban J connectivity index is 3.47. The van der Waals surface area contributed by atoms with E-state index in [4.69, 9.17) is 4.74 Å². The molecule has 1 atom stereocenters. The van der Waals surface area contributed by atoms with Crippen molar-refractivity contribution in [2.75, 3.05) is 14.2 Å². The molecule has 0 saturated carbocycles. The van der Waals surface area contributed by atoms with E-state index in [2.05, 4.69) is 9.73 Å². The molecule has 0 spiro atoms. The fourth-order valence-electron chi connectivity index (χ4n) is 1.71. The van der Waals surface area contributed by atoms with Gasteiger partial charge in [0.2, 0.25) is 6.08 Å². The Hall–Kier alpha value is -2.64. The number of isocyanates is 1. The normalized spacial score (nSPS) is 11.4. The SMILES string of the molecule is COC(=O)c1c([N+](=O)[O-])ccc(F)c1CC(N=C=O)OC. The van der Waals surface area contributed by atoms with Gasteiger partial charge >= 0.3 is 5.97 Å². The summed E-state index contributed by atoms with van der Waals surface area (Å²) in [5, 5.41) is 10.9. The van der Waals surface area contributed by atoms with Gasteiger partial charge in [0.05, 0.1) is 12.0 Å². The van der Waals surface area contributed by atoms with Crippen molar-refractivity contribution >= 4 is 17.7 Å². The van der Waals surface area contributed by atoms with E-state index in [0.29, 0.717) is 0 Å². The first-order valence-corrected chi connectivity index (χ1v) is 5.60. The summed E-state index contributed by atoms with van der Waals surface area (Å²) in [4.78, 5) is 35.3. The highest BCUT2D eigenvalue weighted by Crippen LogP contribution is 2.27. The fraction of sp³-hybridized carbons (Fsp3) is 0.333. The van der Waals surface area contributed by atoms with Crippen LogP contribution in [0.25, 0.3) is 0 Å². The van der Waals surface area contributed by atoms with Crippen LogP contribution in [0.15, 0.2) is 17.1 Å². The number of esters is 1. The molecule has 1 aromatic carbocycles. The lowest BCUT2D eigenvalue weighted by molar-refractivity contribution is -0.385. The summed E-state index contributed by atoms with van der Waals surface area (Å²) in [6.45, 7) is 0. The lowest BCUT2D eigenvalue weighted by atomic mass is 10.0. The van der Waals surface area contributed by atoms with Crippen molar-refractivity contribution in [2.45, 2.75) is 12.6 Å². The molecule has 0 aromatic heterocycles. The second kappa shape index (κ2) is 7.22. The minimum Gasteiger partial charge on any atom is -0.465 e. The molecule has 0 amide bonds.